The Bertz CT molecular complexity index is 1650. The van der Waals surface area contributed by atoms with Gasteiger partial charge in [0.15, 0.2) is 0 Å². The lowest BCUT2D eigenvalue weighted by molar-refractivity contribution is 0.242. The van der Waals surface area contributed by atoms with Crippen LogP contribution < -0.4 is 0 Å². The molecule has 37 heavy (non-hydrogen) atoms. The fourth-order valence-electron chi connectivity index (χ4n) is 6.24. The highest BCUT2D eigenvalue weighted by Gasteiger charge is 2.65. The van der Waals surface area contributed by atoms with Gasteiger partial charge < -0.3 is 4.42 Å². The van der Waals surface area contributed by atoms with Crippen molar-refractivity contribution in [3.63, 3.8) is 0 Å². The topological polar surface area (TPSA) is 94.7 Å². The van der Waals surface area contributed by atoms with Crippen LogP contribution in [0.5, 0.6) is 0 Å². The zero-order valence-corrected chi connectivity index (χ0v) is 21.5. The number of aromatic nitrogens is 5. The predicted octanol–water partition coefficient (Wildman–Crippen LogP) is 4.92. The van der Waals surface area contributed by atoms with E-state index in [1.807, 2.05) is 0 Å². The maximum atomic E-state index is 14.5. The van der Waals surface area contributed by atoms with Crippen LogP contribution in [0.15, 0.2) is 47.3 Å². The highest BCUT2D eigenvalue weighted by Crippen LogP contribution is 2.69. The molecule has 6 rings (SSSR count). The monoisotopic (exact) mass is 521 g/mol. The van der Waals surface area contributed by atoms with Gasteiger partial charge in [-0.15, -0.1) is 5.10 Å². The van der Waals surface area contributed by atoms with E-state index < -0.39 is 26.6 Å². The Hall–Kier alpha value is -3.53. The summed E-state index contributed by atoms with van der Waals surface area (Å²) in [6.07, 6.45) is 8.00. The van der Waals surface area contributed by atoms with E-state index in [-0.39, 0.29) is 34.2 Å². The molecule has 0 N–H and O–H groups in total. The fourth-order valence-corrected chi connectivity index (χ4v) is 6.99. The van der Waals surface area contributed by atoms with Crippen LogP contribution in [0, 0.1) is 17.0 Å². The predicted molar refractivity (Wildman–Crippen MR) is 136 cm³/mol. The number of hydrogen-bond acceptors (Lipinski definition) is 7. The second-order valence-electron chi connectivity index (χ2n) is 10.6. The van der Waals surface area contributed by atoms with Gasteiger partial charge in [0.25, 0.3) is 0 Å². The molecular formula is C27H25F2N5O2S. The van der Waals surface area contributed by atoms with E-state index in [1.165, 1.54) is 24.5 Å². The van der Waals surface area contributed by atoms with Gasteiger partial charge in [-0.3, -0.25) is 9.19 Å². The summed E-state index contributed by atoms with van der Waals surface area (Å²) in [4.78, 5) is 13.8. The lowest BCUT2D eigenvalue weighted by Crippen LogP contribution is -2.38. The Labute approximate surface area is 213 Å². The minimum atomic E-state index is -2.27. The molecule has 10 heteroatoms. The Morgan fingerprint density at radius 2 is 1.89 bits per heavy atom. The Morgan fingerprint density at radius 1 is 1.14 bits per heavy atom. The average Bonchev–Trinajstić information content (AvgIpc) is 3.45. The van der Waals surface area contributed by atoms with Gasteiger partial charge in [0.1, 0.15) is 23.6 Å². The molecule has 1 unspecified atom stereocenters. The minimum absolute atomic E-state index is 0.111. The summed E-state index contributed by atoms with van der Waals surface area (Å²) in [5.41, 5.74) is 2.52. The zero-order chi connectivity index (χ0) is 26.2. The first-order chi connectivity index (χ1) is 17.5. The molecule has 4 aromatic rings. The van der Waals surface area contributed by atoms with Crippen molar-refractivity contribution in [3.05, 3.63) is 77.2 Å². The van der Waals surface area contributed by atoms with E-state index in [2.05, 4.69) is 39.9 Å². The van der Waals surface area contributed by atoms with Crippen molar-refractivity contribution < 1.29 is 17.4 Å². The summed E-state index contributed by atoms with van der Waals surface area (Å²) >= 11 is 0. The first kappa shape index (κ1) is 23.8. The normalized spacial score (nSPS) is 23.1. The minimum Gasteiger partial charge on any atom is -0.443 e. The number of oxazole rings is 1. The molecule has 3 atom stereocenters. The molecule has 2 aliphatic carbocycles. The van der Waals surface area contributed by atoms with Gasteiger partial charge >= 0.3 is 0 Å². The summed E-state index contributed by atoms with van der Waals surface area (Å²) in [5.74, 6) is 2.93. The van der Waals surface area contributed by atoms with Crippen LogP contribution in [0.4, 0.5) is 8.78 Å². The molecule has 1 aromatic carbocycles. The molecule has 190 valence electrons. The molecule has 3 aromatic heterocycles. The highest BCUT2D eigenvalue weighted by atomic mass is 32.2. The molecule has 2 bridgehead atoms. The van der Waals surface area contributed by atoms with Crippen LogP contribution in [0.2, 0.25) is 0 Å². The molecule has 7 nitrogen and oxygen atoms in total. The summed E-state index contributed by atoms with van der Waals surface area (Å²) < 4.78 is 46.7. The first-order valence-electron chi connectivity index (χ1n) is 11.9. The lowest BCUT2D eigenvalue weighted by atomic mass is 9.66. The molecule has 0 radical (unpaired) electrons. The lowest BCUT2D eigenvalue weighted by Gasteiger charge is -2.37. The van der Waals surface area contributed by atoms with E-state index in [9.17, 15) is 13.0 Å². The van der Waals surface area contributed by atoms with Gasteiger partial charge in [-0.2, -0.15) is 5.10 Å². The van der Waals surface area contributed by atoms with Gasteiger partial charge in [0.05, 0.1) is 45.7 Å². The third kappa shape index (κ3) is 3.53. The summed E-state index contributed by atoms with van der Waals surface area (Å²) in [6, 6.07) is 5.54. The van der Waals surface area contributed by atoms with Crippen molar-refractivity contribution in [2.24, 2.45) is 5.41 Å². The van der Waals surface area contributed by atoms with Crippen molar-refractivity contribution in [2.45, 2.75) is 43.8 Å². The summed E-state index contributed by atoms with van der Waals surface area (Å²) in [6.45, 7) is 4.33. The van der Waals surface area contributed by atoms with Crippen molar-refractivity contribution >= 4 is 15.4 Å². The summed E-state index contributed by atoms with van der Waals surface area (Å²) in [5, 5.41) is 8.84. The van der Waals surface area contributed by atoms with Gasteiger partial charge in [-0.25, -0.2) is 18.7 Å². The molecular weight excluding hydrogens is 496 g/mol. The zero-order valence-electron chi connectivity index (χ0n) is 20.7. The Kier molecular flexibility index (Phi) is 5.14. The number of benzene rings is 1. The van der Waals surface area contributed by atoms with E-state index in [0.29, 0.717) is 17.1 Å². The molecule has 1 saturated carbocycles. The average molecular weight is 522 g/mol. The fraction of sp³-hybridized carbons (Fsp3) is 0.333. The highest BCUT2D eigenvalue weighted by molar-refractivity contribution is 7.98. The van der Waals surface area contributed by atoms with Crippen molar-refractivity contribution in [3.8, 4) is 22.8 Å². The first-order valence-corrected chi connectivity index (χ1v) is 14.2. The van der Waals surface area contributed by atoms with Gasteiger partial charge in [0, 0.05) is 12.5 Å². The largest absolute Gasteiger partial charge is 0.443 e. The van der Waals surface area contributed by atoms with Crippen LogP contribution in [0.25, 0.3) is 22.8 Å². The van der Waals surface area contributed by atoms with Crippen molar-refractivity contribution in [1.82, 2.24) is 25.1 Å². The maximum absolute atomic E-state index is 14.5. The van der Waals surface area contributed by atoms with Crippen LogP contribution >= 0.6 is 0 Å². The quantitative estimate of drug-likeness (QED) is 0.344. The summed E-state index contributed by atoms with van der Waals surface area (Å²) in [7, 11) is -2.27. The molecule has 0 saturated heterocycles. The van der Waals surface area contributed by atoms with Crippen LogP contribution in [0.1, 0.15) is 55.3 Å². The maximum Gasteiger partial charge on any atom is 0.246 e. The van der Waals surface area contributed by atoms with Crippen molar-refractivity contribution in [2.75, 3.05) is 6.26 Å². The number of fused-ring (bicyclic) bond motifs is 5. The smallest absolute Gasteiger partial charge is 0.246 e. The number of rotatable bonds is 5. The van der Waals surface area contributed by atoms with Gasteiger partial charge in [0.2, 0.25) is 5.89 Å². The van der Waals surface area contributed by atoms with E-state index in [1.54, 1.807) is 24.7 Å². The Morgan fingerprint density at radius 3 is 2.62 bits per heavy atom. The number of halogens is 2. The Balaban J connectivity index is 1.45. The van der Waals surface area contributed by atoms with Crippen LogP contribution in [-0.4, -0.2) is 41.5 Å². The number of nitrogens with zero attached hydrogens (tertiary/aromatic N) is 5. The van der Waals surface area contributed by atoms with E-state index >= 15 is 0 Å². The molecule has 0 spiro atoms. The van der Waals surface area contributed by atoms with Crippen LogP contribution in [-0.2, 0) is 20.7 Å². The second kappa shape index (κ2) is 7.98. The van der Waals surface area contributed by atoms with E-state index in [4.69, 9.17) is 9.40 Å². The van der Waals surface area contributed by atoms with Gasteiger partial charge in [-0.05, 0) is 63.3 Å². The molecule has 1 fully saturated rings. The van der Waals surface area contributed by atoms with Gasteiger partial charge in [-0.1, -0.05) is 19.9 Å². The standard InChI is InChI=1S/C27H25F2N5O2S/c1-26(2)17-8-9-27(26,24-16(17)10-20(33-34-24)23-18(28)6-5-7-19(23)29)22-12-30-11-21(32-22)25-31-15(13-36-25)14-37(3,4)35/h5-7,10-13,17H,3,8-9,14H2,1-2,4H3/t17-,27-,37?/m0/s1. The molecule has 0 amide bonds. The van der Waals surface area contributed by atoms with Crippen molar-refractivity contribution in [1.29, 1.82) is 0 Å². The third-order valence-corrected chi connectivity index (χ3v) is 8.80. The number of hydrogen-bond donors (Lipinski definition) is 0. The molecule has 0 aliphatic heterocycles. The van der Waals surface area contributed by atoms with E-state index in [0.717, 1.165) is 24.1 Å². The molecule has 3 heterocycles. The SMILES string of the molecule is C=S(C)(=O)Cc1coc(-c2cncc([C@@]34CC[C@@H](c5cc(-c6c(F)cccc6F)nnc53)C4(C)C)n2)n1. The molecule has 2 aliphatic rings. The van der Waals surface area contributed by atoms with Crippen LogP contribution in [0.3, 0.4) is 0 Å². The second-order valence-corrected chi connectivity index (χ2v) is 13.3. The third-order valence-electron chi connectivity index (χ3n) is 7.90.